The summed E-state index contributed by atoms with van der Waals surface area (Å²) in [6, 6.07) is 7.38. The molecule has 2 nitrogen and oxygen atoms in total. The van der Waals surface area contributed by atoms with Crippen LogP contribution < -0.4 is 5.73 Å². The van der Waals surface area contributed by atoms with Crippen molar-refractivity contribution in [1.82, 2.24) is 0 Å². The molecule has 0 aliphatic rings. The lowest BCUT2D eigenvalue weighted by Crippen LogP contribution is -2.39. The highest BCUT2D eigenvalue weighted by Crippen LogP contribution is 2.31. The van der Waals surface area contributed by atoms with Gasteiger partial charge in [-0.05, 0) is 38.0 Å². The van der Waals surface area contributed by atoms with E-state index < -0.39 is 0 Å². The van der Waals surface area contributed by atoms with Crippen LogP contribution in [0.25, 0.3) is 0 Å². The van der Waals surface area contributed by atoms with Crippen LogP contribution >= 0.6 is 0 Å². The largest absolute Gasteiger partial charge is 0.508 e. The molecule has 0 saturated carbocycles. The van der Waals surface area contributed by atoms with E-state index in [0.29, 0.717) is 11.7 Å². The van der Waals surface area contributed by atoms with Crippen molar-refractivity contribution in [1.29, 1.82) is 0 Å². The summed E-state index contributed by atoms with van der Waals surface area (Å²) in [5.74, 6) is 0.659. The first-order chi connectivity index (χ1) is 6.95. The molecule has 2 heteroatoms. The Kier molecular flexibility index (Phi) is 3.75. The molecule has 1 atom stereocenters. The summed E-state index contributed by atoms with van der Waals surface area (Å²) in [7, 11) is 0. The number of hydrogen-bond acceptors (Lipinski definition) is 2. The van der Waals surface area contributed by atoms with E-state index in [-0.39, 0.29) is 5.54 Å². The van der Waals surface area contributed by atoms with Crippen molar-refractivity contribution in [2.75, 3.05) is 0 Å². The Morgan fingerprint density at radius 3 is 2.20 bits per heavy atom. The van der Waals surface area contributed by atoms with Gasteiger partial charge in [-0.3, -0.25) is 0 Å². The van der Waals surface area contributed by atoms with Crippen LogP contribution in [0.5, 0.6) is 5.75 Å². The van der Waals surface area contributed by atoms with Crippen LogP contribution in [0.3, 0.4) is 0 Å². The van der Waals surface area contributed by atoms with Crippen LogP contribution in [0.4, 0.5) is 0 Å². The Morgan fingerprint density at radius 1 is 1.27 bits per heavy atom. The van der Waals surface area contributed by atoms with E-state index in [1.165, 1.54) is 5.56 Å². The third-order valence-corrected chi connectivity index (χ3v) is 2.77. The SMILES string of the molecule is CCCC(c1ccc(O)cc1)C(C)(C)N. The quantitative estimate of drug-likeness (QED) is 0.797. The first-order valence-electron chi connectivity index (χ1n) is 5.53. The maximum Gasteiger partial charge on any atom is 0.115 e. The van der Waals surface area contributed by atoms with Gasteiger partial charge in [-0.25, -0.2) is 0 Å². The lowest BCUT2D eigenvalue weighted by molar-refractivity contribution is 0.387. The van der Waals surface area contributed by atoms with Crippen molar-refractivity contribution >= 4 is 0 Å². The molecule has 0 aromatic heterocycles. The van der Waals surface area contributed by atoms with Gasteiger partial charge in [0.15, 0.2) is 0 Å². The van der Waals surface area contributed by atoms with Crippen LogP contribution in [0.2, 0.25) is 0 Å². The Balaban J connectivity index is 2.94. The minimum atomic E-state index is -0.215. The third-order valence-electron chi connectivity index (χ3n) is 2.77. The predicted molar refractivity (Wildman–Crippen MR) is 64.0 cm³/mol. The summed E-state index contributed by atoms with van der Waals surface area (Å²) in [5.41, 5.74) is 7.17. The van der Waals surface area contributed by atoms with E-state index in [1.54, 1.807) is 12.1 Å². The molecule has 0 radical (unpaired) electrons. The van der Waals surface area contributed by atoms with E-state index in [9.17, 15) is 5.11 Å². The summed E-state index contributed by atoms with van der Waals surface area (Å²) in [4.78, 5) is 0. The Bertz CT molecular complexity index is 297. The zero-order valence-corrected chi connectivity index (χ0v) is 9.83. The molecule has 0 fully saturated rings. The van der Waals surface area contributed by atoms with E-state index in [2.05, 4.69) is 20.8 Å². The average Bonchev–Trinajstić information content (AvgIpc) is 2.14. The number of aromatic hydroxyl groups is 1. The molecule has 1 aromatic rings. The van der Waals surface area contributed by atoms with Gasteiger partial charge in [-0.2, -0.15) is 0 Å². The van der Waals surface area contributed by atoms with Crippen LogP contribution in [0.15, 0.2) is 24.3 Å². The molecule has 84 valence electrons. The van der Waals surface area contributed by atoms with Gasteiger partial charge in [-0.1, -0.05) is 25.5 Å². The summed E-state index contributed by atoms with van der Waals surface area (Å²) in [6.07, 6.45) is 2.19. The highest BCUT2D eigenvalue weighted by molar-refractivity contribution is 5.30. The molecule has 3 N–H and O–H groups in total. The lowest BCUT2D eigenvalue weighted by Gasteiger charge is -2.31. The number of phenols is 1. The smallest absolute Gasteiger partial charge is 0.115 e. The molecular weight excluding hydrogens is 186 g/mol. The molecular formula is C13H21NO. The van der Waals surface area contributed by atoms with E-state index in [4.69, 9.17) is 5.73 Å². The molecule has 1 rings (SSSR count). The fraction of sp³-hybridized carbons (Fsp3) is 0.538. The highest BCUT2D eigenvalue weighted by atomic mass is 16.3. The molecule has 0 amide bonds. The summed E-state index contributed by atoms with van der Waals surface area (Å²) in [5, 5.41) is 9.24. The Morgan fingerprint density at radius 2 is 1.80 bits per heavy atom. The second kappa shape index (κ2) is 4.67. The number of nitrogens with two attached hydrogens (primary N) is 1. The van der Waals surface area contributed by atoms with Crippen molar-refractivity contribution in [3.8, 4) is 5.75 Å². The fourth-order valence-corrected chi connectivity index (χ4v) is 1.96. The Labute approximate surface area is 92.1 Å². The van der Waals surface area contributed by atoms with Gasteiger partial charge in [0.25, 0.3) is 0 Å². The van der Waals surface area contributed by atoms with Crippen molar-refractivity contribution in [3.05, 3.63) is 29.8 Å². The van der Waals surface area contributed by atoms with Crippen LogP contribution in [0.1, 0.15) is 45.1 Å². The summed E-state index contributed by atoms with van der Waals surface area (Å²) < 4.78 is 0. The lowest BCUT2D eigenvalue weighted by atomic mass is 9.80. The second-order valence-electron chi connectivity index (χ2n) is 4.75. The molecule has 0 aliphatic heterocycles. The highest BCUT2D eigenvalue weighted by Gasteiger charge is 2.25. The van der Waals surface area contributed by atoms with E-state index in [0.717, 1.165) is 12.8 Å². The van der Waals surface area contributed by atoms with Crippen molar-refractivity contribution in [2.45, 2.75) is 45.1 Å². The van der Waals surface area contributed by atoms with Gasteiger partial charge in [-0.15, -0.1) is 0 Å². The van der Waals surface area contributed by atoms with Gasteiger partial charge in [0.2, 0.25) is 0 Å². The minimum Gasteiger partial charge on any atom is -0.508 e. The zero-order chi connectivity index (χ0) is 11.5. The topological polar surface area (TPSA) is 46.2 Å². The Hall–Kier alpha value is -1.02. The van der Waals surface area contributed by atoms with Gasteiger partial charge in [0, 0.05) is 11.5 Å². The molecule has 1 unspecified atom stereocenters. The fourth-order valence-electron chi connectivity index (χ4n) is 1.96. The van der Waals surface area contributed by atoms with Crippen molar-refractivity contribution < 1.29 is 5.11 Å². The molecule has 0 heterocycles. The monoisotopic (exact) mass is 207 g/mol. The first-order valence-corrected chi connectivity index (χ1v) is 5.53. The molecule has 1 aromatic carbocycles. The van der Waals surface area contributed by atoms with Crippen molar-refractivity contribution in [3.63, 3.8) is 0 Å². The minimum absolute atomic E-state index is 0.215. The molecule has 0 spiro atoms. The number of benzene rings is 1. The summed E-state index contributed by atoms with van der Waals surface area (Å²) in [6.45, 7) is 6.28. The van der Waals surface area contributed by atoms with Gasteiger partial charge in [0.1, 0.15) is 5.75 Å². The molecule has 15 heavy (non-hydrogen) atoms. The third kappa shape index (κ3) is 3.24. The predicted octanol–water partition coefficient (Wildman–Crippen LogP) is 3.01. The van der Waals surface area contributed by atoms with Crippen molar-refractivity contribution in [2.24, 2.45) is 5.73 Å². The second-order valence-corrected chi connectivity index (χ2v) is 4.75. The number of rotatable bonds is 4. The average molecular weight is 207 g/mol. The van der Waals surface area contributed by atoms with Crippen LogP contribution in [-0.4, -0.2) is 10.6 Å². The van der Waals surface area contributed by atoms with Crippen LogP contribution in [-0.2, 0) is 0 Å². The number of hydrogen-bond donors (Lipinski definition) is 2. The maximum atomic E-state index is 9.24. The molecule has 0 saturated heterocycles. The van der Waals surface area contributed by atoms with Crippen LogP contribution in [0, 0.1) is 0 Å². The standard InChI is InChI=1S/C13H21NO/c1-4-5-12(13(2,3)14)10-6-8-11(15)9-7-10/h6-9,12,15H,4-5,14H2,1-3H3. The maximum absolute atomic E-state index is 9.24. The number of phenolic OH excluding ortho intramolecular Hbond substituents is 1. The molecule has 0 aliphatic carbocycles. The van der Waals surface area contributed by atoms with E-state index >= 15 is 0 Å². The van der Waals surface area contributed by atoms with E-state index in [1.807, 2.05) is 12.1 Å². The summed E-state index contributed by atoms with van der Waals surface area (Å²) >= 11 is 0. The van der Waals surface area contributed by atoms with Gasteiger partial charge >= 0.3 is 0 Å². The normalized spacial score (nSPS) is 13.9. The van der Waals surface area contributed by atoms with Gasteiger partial charge < -0.3 is 10.8 Å². The van der Waals surface area contributed by atoms with Gasteiger partial charge in [0.05, 0.1) is 0 Å². The first kappa shape index (κ1) is 12.1. The zero-order valence-electron chi connectivity index (χ0n) is 9.83. The molecule has 0 bridgehead atoms.